The second-order valence-corrected chi connectivity index (χ2v) is 11.1. The van der Waals surface area contributed by atoms with E-state index in [1.807, 2.05) is 0 Å². The van der Waals surface area contributed by atoms with Crippen molar-refractivity contribution in [2.75, 3.05) is 39.8 Å². The van der Waals surface area contributed by atoms with Gasteiger partial charge in [0.1, 0.15) is 29.5 Å². The van der Waals surface area contributed by atoms with Gasteiger partial charge in [0, 0.05) is 49.4 Å². The van der Waals surface area contributed by atoms with Crippen LogP contribution >= 0.6 is 0 Å². The first-order valence-corrected chi connectivity index (χ1v) is 12.8. The number of rotatable bonds is 7. The predicted molar refractivity (Wildman–Crippen MR) is 142 cm³/mol. The number of aromatic hydroxyl groups is 1. The molecule has 3 aliphatic rings. The summed E-state index contributed by atoms with van der Waals surface area (Å²) in [6.07, 6.45) is 0.138. The molecule has 0 bridgehead atoms. The average molecular weight is 560 g/mol. The number of amides is 1. The van der Waals surface area contributed by atoms with Gasteiger partial charge in [-0.3, -0.25) is 19.3 Å². The number of hydrogen-bond acceptors (Lipinski definition) is 11. The molecule has 0 saturated heterocycles. The quantitative estimate of drug-likeness (QED) is 0.211. The van der Waals surface area contributed by atoms with Crippen LogP contribution in [0.2, 0.25) is 0 Å². The van der Waals surface area contributed by atoms with Crippen molar-refractivity contribution in [2.45, 2.75) is 44.0 Å². The third kappa shape index (κ3) is 4.19. The van der Waals surface area contributed by atoms with Gasteiger partial charge in [-0.05, 0) is 51.4 Å². The molecular weight excluding hydrogens is 525 g/mol. The summed E-state index contributed by atoms with van der Waals surface area (Å²) in [4.78, 5) is 42.9. The van der Waals surface area contributed by atoms with Crippen molar-refractivity contribution in [3.63, 3.8) is 0 Å². The number of halogens is 1. The number of anilines is 1. The fourth-order valence-electron chi connectivity index (χ4n) is 6.24. The molecule has 0 aliphatic heterocycles. The maximum absolute atomic E-state index is 14.0. The normalized spacial score (nSPS) is 26.9. The van der Waals surface area contributed by atoms with Crippen molar-refractivity contribution in [3.8, 4) is 5.75 Å². The second-order valence-electron chi connectivity index (χ2n) is 11.1. The molecule has 0 spiro atoms. The van der Waals surface area contributed by atoms with Crippen LogP contribution < -0.4 is 10.2 Å². The van der Waals surface area contributed by atoms with Crippen LogP contribution in [-0.4, -0.2) is 95.3 Å². The number of aliphatic hydroxyl groups is 3. The van der Waals surface area contributed by atoms with Gasteiger partial charge in [0.15, 0.2) is 11.4 Å². The molecule has 2 unspecified atom stereocenters. The highest BCUT2D eigenvalue weighted by Gasteiger charge is 2.64. The van der Waals surface area contributed by atoms with Crippen LogP contribution in [0.1, 0.15) is 30.0 Å². The van der Waals surface area contributed by atoms with E-state index in [0.29, 0.717) is 16.8 Å². The maximum atomic E-state index is 14.0. The molecule has 6 N–H and O–H groups in total. The molecule has 13 heteroatoms. The summed E-state index contributed by atoms with van der Waals surface area (Å²) in [5.74, 6) is -7.38. The number of benzene rings is 1. The lowest BCUT2D eigenvalue weighted by molar-refractivity contribution is -0.153. The molecule has 3 aliphatic carbocycles. The molecule has 0 heterocycles. The molecule has 216 valence electrons. The monoisotopic (exact) mass is 559 g/mol. The minimum absolute atomic E-state index is 0.0190. The number of hydrogen-bond donors (Lipinski definition) is 6. The molecule has 4 rings (SSSR count). The highest BCUT2D eigenvalue weighted by molar-refractivity contribution is 6.25. The first kappa shape index (κ1) is 29.3. The Kier molecular flexibility index (Phi) is 7.60. The van der Waals surface area contributed by atoms with Gasteiger partial charge in [-0.1, -0.05) is 0 Å². The highest BCUT2D eigenvalue weighted by atomic mass is 19.1. The molecule has 1 amide bonds. The summed E-state index contributed by atoms with van der Waals surface area (Å²) in [6, 6.07) is 0.0133. The van der Waals surface area contributed by atoms with Gasteiger partial charge in [-0.2, -0.15) is 0 Å². The smallest absolute Gasteiger partial charge is 0.302 e. The molecule has 1 saturated carbocycles. The van der Waals surface area contributed by atoms with Crippen LogP contribution in [0.4, 0.5) is 10.1 Å². The number of Topliss-reactive ketones (excluding diaryl/α,β-unsaturated/α-hetero) is 2. The summed E-state index contributed by atoms with van der Waals surface area (Å²) in [7, 11) is 6.60. The Bertz CT molecular complexity index is 1370. The molecule has 1 fully saturated rings. The zero-order valence-electron chi connectivity index (χ0n) is 22.9. The summed E-state index contributed by atoms with van der Waals surface area (Å²) in [5, 5.41) is 51.1. The number of aliphatic hydroxyl groups excluding tert-OH is 2. The summed E-state index contributed by atoms with van der Waals surface area (Å²) >= 11 is 0. The number of phenolic OH excluding ortho intramolecular Hbond substituents is 1. The lowest BCUT2D eigenvalue weighted by atomic mass is 9.57. The van der Waals surface area contributed by atoms with Crippen molar-refractivity contribution < 1.29 is 39.2 Å². The lowest BCUT2D eigenvalue weighted by Gasteiger charge is -2.50. The second kappa shape index (κ2) is 10.4. The number of alkyl halides is 1. The first-order valence-electron chi connectivity index (χ1n) is 12.8. The third-order valence-electron chi connectivity index (χ3n) is 8.20. The van der Waals surface area contributed by atoms with Gasteiger partial charge in [-0.25, -0.2) is 9.92 Å². The number of fused-ring (bicyclic) bond motifs is 3. The molecular formula is C27H34FN5O7. The van der Waals surface area contributed by atoms with E-state index >= 15 is 0 Å². The van der Waals surface area contributed by atoms with Crippen molar-refractivity contribution in [2.24, 2.45) is 17.0 Å². The number of carbonyl (C=O) groups is 3. The topological polar surface area (TPSA) is 187 Å². The van der Waals surface area contributed by atoms with Crippen molar-refractivity contribution in [3.05, 3.63) is 39.7 Å². The Morgan fingerprint density at radius 3 is 2.45 bits per heavy atom. The van der Waals surface area contributed by atoms with E-state index in [2.05, 4.69) is 10.4 Å². The number of nitrogens with zero attached hydrogens (tertiary/aromatic N) is 3. The number of ketones is 2. The maximum Gasteiger partial charge on any atom is 0.302 e. The van der Waals surface area contributed by atoms with Crippen LogP contribution in [-0.2, 0) is 27.3 Å². The van der Waals surface area contributed by atoms with Crippen LogP contribution in [0, 0.1) is 17.4 Å². The van der Waals surface area contributed by atoms with Gasteiger partial charge < -0.3 is 30.6 Å². The molecule has 0 radical (unpaired) electrons. The van der Waals surface area contributed by atoms with E-state index in [1.54, 1.807) is 32.0 Å². The fourth-order valence-corrected chi connectivity index (χ4v) is 6.24. The SMILES string of the molecule is CC(CF)NCc1cc(N(C)C)c2c(c1O)C(O)=C1C(=O)[C@]3(O)C(O)=C(C(=O)N=N)C(=O)C(N(C)C)[C@@H]3C[C@@H]1C2. The summed E-state index contributed by atoms with van der Waals surface area (Å²) in [5.41, 5.74) is 4.62. The zero-order valence-corrected chi connectivity index (χ0v) is 22.9. The van der Waals surface area contributed by atoms with Crippen LogP contribution in [0.3, 0.4) is 0 Å². The van der Waals surface area contributed by atoms with E-state index in [-0.39, 0.29) is 36.3 Å². The first-order chi connectivity index (χ1) is 18.7. The van der Waals surface area contributed by atoms with Crippen molar-refractivity contribution in [1.82, 2.24) is 10.2 Å². The van der Waals surface area contributed by atoms with Gasteiger partial charge in [-0.15, -0.1) is 5.11 Å². The Morgan fingerprint density at radius 1 is 1.25 bits per heavy atom. The van der Waals surface area contributed by atoms with Crippen molar-refractivity contribution in [1.29, 1.82) is 5.53 Å². The van der Waals surface area contributed by atoms with Crippen molar-refractivity contribution >= 4 is 28.9 Å². The third-order valence-corrected chi connectivity index (χ3v) is 8.20. The molecule has 12 nitrogen and oxygen atoms in total. The van der Waals surface area contributed by atoms with E-state index in [4.69, 9.17) is 5.53 Å². The minimum Gasteiger partial charge on any atom is -0.508 e. The molecule has 0 aromatic heterocycles. The van der Waals surface area contributed by atoms with Gasteiger partial charge >= 0.3 is 5.91 Å². The Morgan fingerprint density at radius 2 is 1.90 bits per heavy atom. The van der Waals surface area contributed by atoms with Gasteiger partial charge in [0.25, 0.3) is 0 Å². The largest absolute Gasteiger partial charge is 0.508 e. The fraction of sp³-hybridized carbons (Fsp3) is 0.519. The van der Waals surface area contributed by atoms with E-state index < -0.39 is 70.8 Å². The van der Waals surface area contributed by atoms with Gasteiger partial charge in [0.05, 0.1) is 11.6 Å². The van der Waals surface area contributed by atoms with E-state index in [0.717, 1.165) is 0 Å². The number of phenols is 1. The van der Waals surface area contributed by atoms with Crippen LogP contribution in [0.15, 0.2) is 28.1 Å². The Hall–Kier alpha value is -3.68. The standard InChI is InChI=1S/C27H34FN5O7/c1-11(9-28)30-10-13-8-16(32(2)3)14-6-12-7-15-20(33(4)5)23(36)19(26(39)31-29)25(38)27(15,40)24(37)17(12)22(35)18(14)21(13)34/h8,11-12,15,20,29-30,34-35,38,40H,6-7,9-10H2,1-5H3/t11?,12-,15-,20?,27-/m0/s1. The lowest BCUT2D eigenvalue weighted by Crippen LogP contribution is -2.65. The summed E-state index contributed by atoms with van der Waals surface area (Å²) in [6.45, 7) is 1.06. The molecule has 5 atom stereocenters. The molecule has 1 aromatic carbocycles. The summed E-state index contributed by atoms with van der Waals surface area (Å²) < 4.78 is 13.0. The predicted octanol–water partition coefficient (Wildman–Crippen LogP) is 1.55. The van der Waals surface area contributed by atoms with E-state index in [1.165, 1.54) is 19.0 Å². The Labute approximate surface area is 230 Å². The Balaban J connectivity index is 1.95. The minimum atomic E-state index is -2.76. The zero-order chi connectivity index (χ0) is 29.8. The average Bonchev–Trinajstić information content (AvgIpc) is 2.89. The molecule has 1 aromatic rings. The number of likely N-dealkylation sites (N-methyl/N-ethyl adjacent to an activating group) is 1. The number of nitrogens with one attached hydrogen (secondary N) is 2. The van der Waals surface area contributed by atoms with E-state index in [9.17, 15) is 39.2 Å². The van der Waals surface area contributed by atoms with Crippen LogP contribution in [0.25, 0.3) is 5.76 Å². The molecule has 40 heavy (non-hydrogen) atoms. The van der Waals surface area contributed by atoms with Gasteiger partial charge in [0.2, 0.25) is 5.78 Å². The highest BCUT2D eigenvalue weighted by Crippen LogP contribution is 2.54. The van der Waals surface area contributed by atoms with Crippen LogP contribution in [0.5, 0.6) is 5.75 Å². The number of carbonyl (C=O) groups excluding carboxylic acids is 3.